The number of hydrogen-bond acceptors (Lipinski definition) is 5. The van der Waals surface area contributed by atoms with Crippen LogP contribution >= 0.6 is 11.8 Å². The average Bonchev–Trinajstić information content (AvgIpc) is 2.53. The Labute approximate surface area is 123 Å². The van der Waals surface area contributed by atoms with Gasteiger partial charge in [-0.2, -0.15) is 0 Å². The summed E-state index contributed by atoms with van der Waals surface area (Å²) in [4.78, 5) is 8.42. The lowest BCUT2D eigenvalue weighted by molar-refractivity contribution is 0.414. The molecule has 2 N–H and O–H groups in total. The van der Waals surface area contributed by atoms with E-state index in [0.717, 1.165) is 22.8 Å². The second-order valence-corrected chi connectivity index (χ2v) is 5.59. The molecule has 20 heavy (non-hydrogen) atoms. The van der Waals surface area contributed by atoms with Crippen molar-refractivity contribution < 1.29 is 4.74 Å². The minimum absolute atomic E-state index is 0.0501. The van der Waals surface area contributed by atoms with E-state index in [0.29, 0.717) is 0 Å². The largest absolute Gasteiger partial charge is 0.497 e. The zero-order valence-corrected chi connectivity index (χ0v) is 12.5. The van der Waals surface area contributed by atoms with Crippen molar-refractivity contribution in [3.8, 4) is 5.75 Å². The summed E-state index contributed by atoms with van der Waals surface area (Å²) in [5.74, 6) is 0.843. The van der Waals surface area contributed by atoms with Gasteiger partial charge in [0.1, 0.15) is 10.8 Å². The smallest absolute Gasteiger partial charge is 0.119 e. The van der Waals surface area contributed by atoms with Gasteiger partial charge in [0, 0.05) is 18.4 Å². The lowest BCUT2D eigenvalue weighted by Gasteiger charge is -2.22. The molecule has 0 aliphatic carbocycles. The number of methoxy groups -OCH3 is 1. The molecule has 0 fully saturated rings. The molecule has 1 aromatic heterocycles. The molecule has 2 unspecified atom stereocenters. The molecule has 0 aliphatic heterocycles. The van der Waals surface area contributed by atoms with Crippen molar-refractivity contribution in [1.29, 1.82) is 0 Å². The van der Waals surface area contributed by atoms with Gasteiger partial charge in [0.2, 0.25) is 0 Å². The van der Waals surface area contributed by atoms with E-state index in [4.69, 9.17) is 10.5 Å². The summed E-state index contributed by atoms with van der Waals surface area (Å²) in [6.45, 7) is 2.09. The Hall–Kier alpha value is -1.59. The Balaban J connectivity index is 2.27. The van der Waals surface area contributed by atoms with Crippen molar-refractivity contribution in [1.82, 2.24) is 9.97 Å². The van der Waals surface area contributed by atoms with Gasteiger partial charge in [0.25, 0.3) is 0 Å². The zero-order chi connectivity index (χ0) is 14.4. The van der Waals surface area contributed by atoms with Gasteiger partial charge in [-0.25, -0.2) is 4.98 Å². The molecule has 2 aromatic rings. The predicted octanol–water partition coefficient (Wildman–Crippen LogP) is 3.06. The molecule has 0 saturated carbocycles. The molecule has 106 valence electrons. The number of nitrogens with zero attached hydrogens (tertiary/aromatic N) is 2. The molecular formula is C15H19N3OS. The second kappa shape index (κ2) is 7.26. The van der Waals surface area contributed by atoms with Crippen LogP contribution in [0.5, 0.6) is 5.75 Å². The zero-order valence-electron chi connectivity index (χ0n) is 11.7. The summed E-state index contributed by atoms with van der Waals surface area (Å²) >= 11 is 1.64. The Morgan fingerprint density at radius 1 is 1.35 bits per heavy atom. The molecular weight excluding hydrogens is 270 g/mol. The lowest BCUT2D eigenvalue weighted by atomic mass is 10.0. The van der Waals surface area contributed by atoms with Crippen LogP contribution in [0.4, 0.5) is 0 Å². The van der Waals surface area contributed by atoms with Crippen molar-refractivity contribution in [2.24, 2.45) is 5.73 Å². The van der Waals surface area contributed by atoms with E-state index in [2.05, 4.69) is 23.0 Å². The van der Waals surface area contributed by atoms with Crippen LogP contribution in [0.3, 0.4) is 0 Å². The number of benzene rings is 1. The Bertz CT molecular complexity index is 536. The van der Waals surface area contributed by atoms with E-state index >= 15 is 0 Å². The Morgan fingerprint density at radius 2 is 2.20 bits per heavy atom. The number of aromatic nitrogens is 2. The quantitative estimate of drug-likeness (QED) is 0.828. The van der Waals surface area contributed by atoms with Gasteiger partial charge in [-0.05, 0) is 24.1 Å². The first-order chi connectivity index (χ1) is 9.74. The maximum Gasteiger partial charge on any atom is 0.119 e. The summed E-state index contributed by atoms with van der Waals surface area (Å²) in [6.07, 6.45) is 6.03. The summed E-state index contributed by atoms with van der Waals surface area (Å²) < 4.78 is 5.29. The summed E-state index contributed by atoms with van der Waals surface area (Å²) in [5.41, 5.74) is 7.43. The first-order valence-corrected chi connectivity index (χ1v) is 7.44. The van der Waals surface area contributed by atoms with Gasteiger partial charge in [-0.3, -0.25) is 4.98 Å². The fourth-order valence-corrected chi connectivity index (χ4v) is 3.07. The number of thioether (sulfide) groups is 1. The van der Waals surface area contributed by atoms with Crippen molar-refractivity contribution in [2.45, 2.75) is 29.7 Å². The van der Waals surface area contributed by atoms with Crippen molar-refractivity contribution in [3.05, 3.63) is 48.4 Å². The van der Waals surface area contributed by atoms with Crippen molar-refractivity contribution in [3.63, 3.8) is 0 Å². The van der Waals surface area contributed by atoms with Crippen LogP contribution in [0.2, 0.25) is 0 Å². The van der Waals surface area contributed by atoms with Gasteiger partial charge in [0.15, 0.2) is 0 Å². The van der Waals surface area contributed by atoms with Crippen LogP contribution in [-0.4, -0.2) is 23.1 Å². The second-order valence-electron chi connectivity index (χ2n) is 4.43. The molecule has 0 amide bonds. The molecule has 0 spiro atoms. The van der Waals surface area contributed by atoms with Gasteiger partial charge in [-0.1, -0.05) is 30.8 Å². The van der Waals surface area contributed by atoms with E-state index in [1.807, 2.05) is 18.2 Å². The summed E-state index contributed by atoms with van der Waals surface area (Å²) in [5, 5.41) is 1.01. The van der Waals surface area contributed by atoms with Crippen LogP contribution in [0.1, 0.15) is 24.2 Å². The van der Waals surface area contributed by atoms with Crippen LogP contribution in [0.15, 0.2) is 47.9 Å². The number of nitrogens with two attached hydrogens (primary N) is 1. The normalized spacial score (nSPS) is 13.8. The first kappa shape index (κ1) is 14.8. The predicted molar refractivity (Wildman–Crippen MR) is 81.9 cm³/mol. The molecule has 0 radical (unpaired) electrons. The molecule has 0 bridgehead atoms. The average molecular weight is 289 g/mol. The third-order valence-corrected chi connectivity index (χ3v) is 4.40. The maximum absolute atomic E-state index is 6.28. The van der Waals surface area contributed by atoms with Gasteiger partial charge in [-0.15, -0.1) is 0 Å². The van der Waals surface area contributed by atoms with Gasteiger partial charge < -0.3 is 10.5 Å². The van der Waals surface area contributed by atoms with Crippen molar-refractivity contribution >= 4 is 11.8 Å². The maximum atomic E-state index is 6.28. The number of ether oxygens (including phenoxy) is 1. The Kier molecular flexibility index (Phi) is 5.38. The van der Waals surface area contributed by atoms with E-state index < -0.39 is 0 Å². The topological polar surface area (TPSA) is 61.0 Å². The Morgan fingerprint density at radius 3 is 2.85 bits per heavy atom. The minimum atomic E-state index is 0.0501. The van der Waals surface area contributed by atoms with E-state index in [1.54, 1.807) is 37.5 Å². The summed E-state index contributed by atoms with van der Waals surface area (Å²) in [7, 11) is 1.67. The molecule has 0 saturated heterocycles. The minimum Gasteiger partial charge on any atom is -0.497 e. The van der Waals surface area contributed by atoms with Crippen LogP contribution in [0.25, 0.3) is 0 Å². The van der Waals surface area contributed by atoms with Gasteiger partial charge >= 0.3 is 0 Å². The monoisotopic (exact) mass is 289 g/mol. The van der Waals surface area contributed by atoms with Crippen LogP contribution in [-0.2, 0) is 0 Å². The molecule has 2 rings (SSSR count). The van der Waals surface area contributed by atoms with E-state index in [-0.39, 0.29) is 11.3 Å². The molecule has 1 heterocycles. The highest BCUT2D eigenvalue weighted by molar-refractivity contribution is 7.99. The standard InChI is InChI=1S/C15H19N3OS/c1-3-13(16)15(20-14-10-17-7-8-18-14)11-5-4-6-12(9-11)19-2/h4-10,13,15H,3,16H2,1-2H3. The highest BCUT2D eigenvalue weighted by atomic mass is 32.2. The van der Waals surface area contributed by atoms with E-state index in [9.17, 15) is 0 Å². The first-order valence-electron chi connectivity index (χ1n) is 6.56. The fourth-order valence-electron chi connectivity index (χ4n) is 1.91. The molecule has 5 heteroatoms. The molecule has 1 aromatic carbocycles. The molecule has 4 nitrogen and oxygen atoms in total. The fraction of sp³-hybridized carbons (Fsp3) is 0.333. The molecule has 2 atom stereocenters. The highest BCUT2D eigenvalue weighted by Crippen LogP contribution is 2.37. The highest BCUT2D eigenvalue weighted by Gasteiger charge is 2.21. The van der Waals surface area contributed by atoms with Crippen LogP contribution < -0.4 is 10.5 Å². The summed E-state index contributed by atoms with van der Waals surface area (Å²) in [6, 6.07) is 8.08. The lowest BCUT2D eigenvalue weighted by Crippen LogP contribution is -2.25. The van der Waals surface area contributed by atoms with Gasteiger partial charge in [0.05, 0.1) is 18.6 Å². The molecule has 0 aliphatic rings. The van der Waals surface area contributed by atoms with Crippen molar-refractivity contribution in [2.75, 3.05) is 7.11 Å². The third-order valence-electron chi connectivity index (χ3n) is 3.07. The van der Waals surface area contributed by atoms with Crippen LogP contribution in [0, 0.1) is 0 Å². The third kappa shape index (κ3) is 3.71. The number of hydrogen-bond donors (Lipinski definition) is 1. The number of rotatable bonds is 6. The van der Waals surface area contributed by atoms with E-state index in [1.165, 1.54) is 0 Å². The SMILES string of the molecule is CCC(N)C(Sc1cnccn1)c1cccc(OC)c1.